The zero-order chi connectivity index (χ0) is 20.4. The molecule has 0 saturated heterocycles. The zero-order valence-corrected chi connectivity index (χ0v) is 17.6. The Labute approximate surface area is 166 Å². The number of aryl methyl sites for hydroxylation is 2. The fourth-order valence-corrected chi connectivity index (χ4v) is 3.27. The van der Waals surface area contributed by atoms with E-state index in [-0.39, 0.29) is 11.8 Å². The van der Waals surface area contributed by atoms with E-state index in [9.17, 15) is 4.79 Å². The van der Waals surface area contributed by atoms with Crippen molar-refractivity contribution >= 4 is 16.8 Å². The van der Waals surface area contributed by atoms with Crippen LogP contribution in [0.25, 0.3) is 22.2 Å². The molecule has 2 aromatic heterocycles. The van der Waals surface area contributed by atoms with E-state index in [0.29, 0.717) is 5.56 Å². The first-order valence-corrected chi connectivity index (χ1v) is 9.82. The molecule has 28 heavy (non-hydrogen) atoms. The van der Waals surface area contributed by atoms with Gasteiger partial charge in [-0.2, -0.15) is 0 Å². The van der Waals surface area contributed by atoms with E-state index in [4.69, 9.17) is 4.98 Å². The number of fused-ring (bicyclic) bond motifs is 1. The van der Waals surface area contributed by atoms with Gasteiger partial charge in [-0.1, -0.05) is 32.9 Å². The van der Waals surface area contributed by atoms with E-state index in [1.807, 2.05) is 19.2 Å². The SMILES string of the molecule is CCCN(C)C(=O)c1cc(-c2cnc(C(C)C)nc2)nc2c(C)c(C)ccc12. The molecular formula is C23H28N4O. The topological polar surface area (TPSA) is 59.0 Å². The lowest BCUT2D eigenvalue weighted by atomic mass is 9.99. The van der Waals surface area contributed by atoms with Crippen LogP contribution < -0.4 is 0 Å². The van der Waals surface area contributed by atoms with Crippen molar-refractivity contribution in [3.63, 3.8) is 0 Å². The Morgan fingerprint density at radius 1 is 1.14 bits per heavy atom. The molecule has 0 aliphatic heterocycles. The molecule has 0 radical (unpaired) electrons. The van der Waals surface area contributed by atoms with E-state index >= 15 is 0 Å². The molecule has 0 bridgehead atoms. The first-order valence-electron chi connectivity index (χ1n) is 9.82. The van der Waals surface area contributed by atoms with Crippen molar-refractivity contribution in [2.24, 2.45) is 0 Å². The van der Waals surface area contributed by atoms with Crippen molar-refractivity contribution < 1.29 is 4.79 Å². The second kappa shape index (κ2) is 8.05. The second-order valence-corrected chi connectivity index (χ2v) is 7.67. The lowest BCUT2D eigenvalue weighted by Crippen LogP contribution is -2.27. The minimum absolute atomic E-state index is 0.0125. The zero-order valence-electron chi connectivity index (χ0n) is 17.6. The van der Waals surface area contributed by atoms with Gasteiger partial charge in [0.15, 0.2) is 0 Å². The molecule has 0 aliphatic carbocycles. The molecule has 0 spiro atoms. The van der Waals surface area contributed by atoms with E-state index in [1.54, 1.807) is 17.3 Å². The van der Waals surface area contributed by atoms with Crippen LogP contribution in [0.3, 0.4) is 0 Å². The van der Waals surface area contributed by atoms with E-state index in [1.165, 1.54) is 0 Å². The molecule has 0 saturated carbocycles. The van der Waals surface area contributed by atoms with Gasteiger partial charge < -0.3 is 4.90 Å². The highest BCUT2D eigenvalue weighted by Gasteiger charge is 2.19. The molecule has 5 nitrogen and oxygen atoms in total. The van der Waals surface area contributed by atoms with Crippen LogP contribution in [0.2, 0.25) is 0 Å². The van der Waals surface area contributed by atoms with Gasteiger partial charge in [-0.3, -0.25) is 4.79 Å². The lowest BCUT2D eigenvalue weighted by molar-refractivity contribution is 0.0797. The molecule has 5 heteroatoms. The maximum Gasteiger partial charge on any atom is 0.254 e. The van der Waals surface area contributed by atoms with Gasteiger partial charge in [-0.25, -0.2) is 15.0 Å². The Kier molecular flexibility index (Phi) is 5.73. The Balaban J connectivity index is 2.21. The van der Waals surface area contributed by atoms with E-state index < -0.39 is 0 Å². The Bertz CT molecular complexity index is 1010. The van der Waals surface area contributed by atoms with Crippen LogP contribution in [-0.2, 0) is 0 Å². The van der Waals surface area contributed by atoms with Gasteiger partial charge in [0.1, 0.15) is 5.82 Å². The molecule has 0 atom stereocenters. The average Bonchev–Trinajstić information content (AvgIpc) is 2.69. The van der Waals surface area contributed by atoms with E-state index in [0.717, 1.165) is 52.1 Å². The maximum atomic E-state index is 13.1. The molecule has 3 aromatic rings. The molecule has 3 rings (SSSR count). The Hall–Kier alpha value is -2.82. The number of carbonyl (C=O) groups excluding carboxylic acids is 1. The minimum Gasteiger partial charge on any atom is -0.342 e. The fraction of sp³-hybridized carbons (Fsp3) is 0.391. The highest BCUT2D eigenvalue weighted by molar-refractivity contribution is 6.07. The molecular weight excluding hydrogens is 348 g/mol. The summed E-state index contributed by atoms with van der Waals surface area (Å²) in [6.07, 6.45) is 4.51. The number of hydrogen-bond donors (Lipinski definition) is 0. The fourth-order valence-electron chi connectivity index (χ4n) is 3.27. The van der Waals surface area contributed by atoms with Crippen LogP contribution in [0.5, 0.6) is 0 Å². The number of aromatic nitrogens is 3. The van der Waals surface area contributed by atoms with Gasteiger partial charge in [0.05, 0.1) is 16.8 Å². The number of hydrogen-bond acceptors (Lipinski definition) is 4. The summed E-state index contributed by atoms with van der Waals surface area (Å²) in [5.74, 6) is 1.08. The van der Waals surface area contributed by atoms with Gasteiger partial charge >= 0.3 is 0 Å². The quantitative estimate of drug-likeness (QED) is 0.634. The number of carbonyl (C=O) groups is 1. The summed E-state index contributed by atoms with van der Waals surface area (Å²) < 4.78 is 0. The summed E-state index contributed by atoms with van der Waals surface area (Å²) in [6, 6.07) is 5.93. The third kappa shape index (κ3) is 3.75. The first-order chi connectivity index (χ1) is 13.3. The standard InChI is InChI=1S/C23H28N4O/c1-7-10-27(6)23(28)19-11-20(17-12-24-22(14(2)3)25-13-17)26-21-16(5)15(4)8-9-18(19)21/h8-9,11-14H,7,10H2,1-6H3. The molecule has 0 aliphatic rings. The largest absolute Gasteiger partial charge is 0.342 e. The summed E-state index contributed by atoms with van der Waals surface area (Å²) in [7, 11) is 1.85. The molecule has 146 valence electrons. The van der Waals surface area contributed by atoms with E-state index in [2.05, 4.69) is 50.7 Å². The van der Waals surface area contributed by atoms with Crippen molar-refractivity contribution in [2.45, 2.75) is 47.0 Å². The first kappa shape index (κ1) is 19.9. The molecule has 1 aromatic carbocycles. The third-order valence-electron chi connectivity index (χ3n) is 5.13. The molecule has 0 N–H and O–H groups in total. The highest BCUT2D eigenvalue weighted by Crippen LogP contribution is 2.29. The summed E-state index contributed by atoms with van der Waals surface area (Å²) in [6.45, 7) is 11.0. The number of rotatable bonds is 5. The average molecular weight is 377 g/mol. The van der Waals surface area contributed by atoms with Gasteiger partial charge in [-0.05, 0) is 37.5 Å². The van der Waals surface area contributed by atoms with Gasteiger partial charge in [-0.15, -0.1) is 0 Å². The highest BCUT2D eigenvalue weighted by atomic mass is 16.2. The minimum atomic E-state index is 0.0125. The number of nitrogens with zero attached hydrogens (tertiary/aromatic N) is 4. The Morgan fingerprint density at radius 2 is 1.82 bits per heavy atom. The smallest absolute Gasteiger partial charge is 0.254 e. The summed E-state index contributed by atoms with van der Waals surface area (Å²) in [5, 5.41) is 0.888. The predicted octanol–water partition coefficient (Wildman–Crippen LogP) is 4.91. The lowest BCUT2D eigenvalue weighted by Gasteiger charge is -2.19. The normalized spacial score (nSPS) is 11.2. The molecule has 1 amide bonds. The summed E-state index contributed by atoms with van der Waals surface area (Å²) in [5.41, 5.74) is 5.32. The van der Waals surface area contributed by atoms with Crippen molar-refractivity contribution in [3.8, 4) is 11.3 Å². The van der Waals surface area contributed by atoms with Gasteiger partial charge in [0, 0.05) is 42.9 Å². The summed E-state index contributed by atoms with van der Waals surface area (Å²) in [4.78, 5) is 28.7. The van der Waals surface area contributed by atoms with Crippen molar-refractivity contribution in [3.05, 3.63) is 53.1 Å². The second-order valence-electron chi connectivity index (χ2n) is 7.67. The number of pyridine rings is 1. The van der Waals surface area contributed by atoms with Crippen molar-refractivity contribution in [2.75, 3.05) is 13.6 Å². The van der Waals surface area contributed by atoms with Crippen LogP contribution in [-0.4, -0.2) is 39.4 Å². The van der Waals surface area contributed by atoms with Crippen LogP contribution in [0.15, 0.2) is 30.6 Å². The molecule has 2 heterocycles. The van der Waals surface area contributed by atoms with Crippen LogP contribution in [0, 0.1) is 13.8 Å². The van der Waals surface area contributed by atoms with Crippen molar-refractivity contribution in [1.82, 2.24) is 19.9 Å². The third-order valence-corrected chi connectivity index (χ3v) is 5.13. The van der Waals surface area contributed by atoms with Crippen LogP contribution >= 0.6 is 0 Å². The van der Waals surface area contributed by atoms with Crippen molar-refractivity contribution in [1.29, 1.82) is 0 Å². The molecule has 0 fully saturated rings. The number of amides is 1. The Morgan fingerprint density at radius 3 is 2.43 bits per heavy atom. The monoisotopic (exact) mass is 376 g/mol. The number of benzene rings is 1. The van der Waals surface area contributed by atoms with Gasteiger partial charge in [0.25, 0.3) is 5.91 Å². The van der Waals surface area contributed by atoms with Crippen LogP contribution in [0.1, 0.15) is 60.4 Å². The predicted molar refractivity (Wildman–Crippen MR) is 114 cm³/mol. The van der Waals surface area contributed by atoms with Crippen LogP contribution in [0.4, 0.5) is 0 Å². The van der Waals surface area contributed by atoms with Gasteiger partial charge in [0.2, 0.25) is 0 Å². The summed E-state index contributed by atoms with van der Waals surface area (Å²) >= 11 is 0. The maximum absolute atomic E-state index is 13.1. The molecule has 0 unspecified atom stereocenters.